The number of likely N-dealkylation sites (tertiary alicyclic amines) is 1. The van der Waals surface area contributed by atoms with E-state index < -0.39 is 17.3 Å². The Labute approximate surface area is 145 Å². The molecule has 1 saturated heterocycles. The molecule has 2 aliphatic rings. The van der Waals surface area contributed by atoms with Gasteiger partial charge in [-0.1, -0.05) is 12.1 Å². The summed E-state index contributed by atoms with van der Waals surface area (Å²) in [5, 5.41) is 9.77. The zero-order valence-electron chi connectivity index (χ0n) is 14.6. The molecule has 1 heterocycles. The summed E-state index contributed by atoms with van der Waals surface area (Å²) in [5.74, 6) is 0.0165. The number of alkyl halides is 3. The van der Waals surface area contributed by atoms with E-state index in [0.717, 1.165) is 0 Å². The maximum absolute atomic E-state index is 13.1. The number of hydrogen-bond donors (Lipinski definition) is 1. The Bertz CT molecular complexity index is 653. The van der Waals surface area contributed by atoms with E-state index in [4.69, 9.17) is 0 Å². The van der Waals surface area contributed by atoms with Gasteiger partial charge < -0.3 is 10.0 Å². The molecule has 0 spiro atoms. The largest absolute Gasteiger partial charge is 0.416 e. The van der Waals surface area contributed by atoms with Crippen molar-refractivity contribution in [2.24, 2.45) is 5.92 Å². The molecule has 0 atom stereocenters. The molecule has 6 heteroatoms. The minimum absolute atomic E-state index is 0.0512. The van der Waals surface area contributed by atoms with Crippen LogP contribution in [0.15, 0.2) is 18.2 Å². The molecule has 3 rings (SSSR count). The Kier molecular flexibility index (Phi) is 4.60. The van der Waals surface area contributed by atoms with Crippen molar-refractivity contribution in [3.63, 3.8) is 0 Å². The van der Waals surface area contributed by atoms with Crippen molar-refractivity contribution < 1.29 is 23.1 Å². The zero-order valence-corrected chi connectivity index (χ0v) is 14.6. The molecule has 1 aromatic carbocycles. The standard InChI is InChI=1S/C19H24F3NO2/c1-12-3-4-14(9-16(12)19(20,21)22)13-5-7-23(8-6-13)17(24)15-10-18(2,25)11-15/h3-4,9,13,15,25H,5-8,10-11H2,1-2H3/t15-,18+. The van der Waals surface area contributed by atoms with Gasteiger partial charge in [0.15, 0.2) is 0 Å². The summed E-state index contributed by atoms with van der Waals surface area (Å²) in [6.07, 6.45) is -1.99. The SMILES string of the molecule is Cc1ccc(C2CCN(C(=O)[C@H]3C[C@@](C)(O)C3)CC2)cc1C(F)(F)F. The van der Waals surface area contributed by atoms with E-state index in [-0.39, 0.29) is 23.3 Å². The first-order valence-electron chi connectivity index (χ1n) is 8.76. The number of nitrogens with zero attached hydrogens (tertiary/aromatic N) is 1. The molecule has 25 heavy (non-hydrogen) atoms. The second kappa shape index (κ2) is 6.31. The van der Waals surface area contributed by atoms with Crippen LogP contribution in [-0.4, -0.2) is 34.6 Å². The minimum atomic E-state index is -4.34. The molecule has 1 aliphatic carbocycles. The summed E-state index contributed by atoms with van der Waals surface area (Å²) in [4.78, 5) is 14.2. The molecule has 0 unspecified atom stereocenters. The Morgan fingerprint density at radius 1 is 1.24 bits per heavy atom. The highest BCUT2D eigenvalue weighted by atomic mass is 19.4. The summed E-state index contributed by atoms with van der Waals surface area (Å²) in [6, 6.07) is 4.57. The van der Waals surface area contributed by atoms with E-state index in [1.807, 2.05) is 0 Å². The van der Waals surface area contributed by atoms with Crippen molar-refractivity contribution in [1.29, 1.82) is 0 Å². The molecule has 138 valence electrons. The van der Waals surface area contributed by atoms with Crippen LogP contribution in [0.1, 0.15) is 55.2 Å². The van der Waals surface area contributed by atoms with Gasteiger partial charge in [0.2, 0.25) is 5.91 Å². The van der Waals surface area contributed by atoms with E-state index >= 15 is 0 Å². The van der Waals surface area contributed by atoms with Crippen molar-refractivity contribution in [2.45, 2.75) is 57.2 Å². The molecule has 0 aromatic heterocycles. The van der Waals surface area contributed by atoms with Crippen LogP contribution in [0.4, 0.5) is 13.2 Å². The molecule has 1 amide bonds. The number of amides is 1. The number of benzene rings is 1. The molecule has 1 aliphatic heterocycles. The fraction of sp³-hybridized carbons (Fsp3) is 0.632. The average molecular weight is 355 g/mol. The van der Waals surface area contributed by atoms with Gasteiger partial charge in [-0.15, -0.1) is 0 Å². The zero-order chi connectivity index (χ0) is 18.4. The van der Waals surface area contributed by atoms with Gasteiger partial charge in [0.1, 0.15) is 0 Å². The first-order chi connectivity index (χ1) is 11.6. The van der Waals surface area contributed by atoms with Gasteiger partial charge >= 0.3 is 6.18 Å². The lowest BCUT2D eigenvalue weighted by atomic mass is 9.71. The molecule has 0 radical (unpaired) electrons. The molecule has 3 nitrogen and oxygen atoms in total. The first kappa shape index (κ1) is 18.2. The van der Waals surface area contributed by atoms with Crippen LogP contribution in [0.2, 0.25) is 0 Å². The lowest BCUT2D eigenvalue weighted by Gasteiger charge is -2.43. The highest BCUT2D eigenvalue weighted by Gasteiger charge is 2.44. The fourth-order valence-corrected chi connectivity index (χ4v) is 4.07. The van der Waals surface area contributed by atoms with Crippen LogP contribution < -0.4 is 0 Å². The summed E-state index contributed by atoms with van der Waals surface area (Å²) in [6.45, 7) is 4.34. The maximum atomic E-state index is 13.1. The predicted octanol–water partition coefficient (Wildman–Crippen LogP) is 3.88. The molecular weight excluding hydrogens is 331 g/mol. The molecular formula is C19H24F3NO2. The Morgan fingerprint density at radius 2 is 1.84 bits per heavy atom. The minimum Gasteiger partial charge on any atom is -0.390 e. The van der Waals surface area contributed by atoms with Gasteiger partial charge in [-0.3, -0.25) is 4.79 Å². The molecule has 0 bridgehead atoms. The van der Waals surface area contributed by atoms with E-state index in [9.17, 15) is 23.1 Å². The number of rotatable bonds is 2. The maximum Gasteiger partial charge on any atom is 0.416 e. The second-order valence-corrected chi connectivity index (χ2v) is 7.77. The van der Waals surface area contributed by atoms with Crippen molar-refractivity contribution in [3.05, 3.63) is 34.9 Å². The summed E-state index contributed by atoms with van der Waals surface area (Å²) < 4.78 is 39.3. The Hall–Kier alpha value is -1.56. The van der Waals surface area contributed by atoms with Crippen molar-refractivity contribution in [1.82, 2.24) is 4.90 Å². The van der Waals surface area contributed by atoms with Gasteiger partial charge in [-0.2, -0.15) is 13.2 Å². The summed E-state index contributed by atoms with van der Waals surface area (Å²) >= 11 is 0. The number of aliphatic hydroxyl groups is 1. The number of halogens is 3. The van der Waals surface area contributed by atoms with Crippen LogP contribution in [0.5, 0.6) is 0 Å². The third-order valence-corrected chi connectivity index (χ3v) is 5.57. The van der Waals surface area contributed by atoms with Gasteiger partial charge in [0.25, 0.3) is 0 Å². The third kappa shape index (κ3) is 3.84. The molecule has 1 saturated carbocycles. The van der Waals surface area contributed by atoms with E-state index in [1.54, 1.807) is 17.9 Å². The van der Waals surface area contributed by atoms with Crippen molar-refractivity contribution in [2.75, 3.05) is 13.1 Å². The van der Waals surface area contributed by atoms with Gasteiger partial charge in [-0.05, 0) is 62.6 Å². The third-order valence-electron chi connectivity index (χ3n) is 5.57. The number of hydrogen-bond acceptors (Lipinski definition) is 2. The summed E-state index contributed by atoms with van der Waals surface area (Å²) in [5.41, 5.74) is -0.355. The summed E-state index contributed by atoms with van der Waals surface area (Å²) in [7, 11) is 0. The van der Waals surface area contributed by atoms with Gasteiger partial charge in [-0.25, -0.2) is 0 Å². The monoisotopic (exact) mass is 355 g/mol. The Morgan fingerprint density at radius 3 is 2.36 bits per heavy atom. The highest BCUT2D eigenvalue weighted by Crippen LogP contribution is 2.40. The number of aryl methyl sites for hydroxylation is 1. The smallest absolute Gasteiger partial charge is 0.390 e. The molecule has 1 aromatic rings. The van der Waals surface area contributed by atoms with Crippen LogP contribution >= 0.6 is 0 Å². The number of carbonyl (C=O) groups excluding carboxylic acids is 1. The van der Waals surface area contributed by atoms with E-state index in [2.05, 4.69) is 0 Å². The lowest BCUT2D eigenvalue weighted by Crippen LogP contribution is -2.51. The number of piperidine rings is 1. The Balaban J connectivity index is 1.62. The number of carbonyl (C=O) groups is 1. The van der Waals surface area contributed by atoms with E-state index in [0.29, 0.717) is 44.3 Å². The normalized spacial score (nSPS) is 27.9. The topological polar surface area (TPSA) is 40.5 Å². The van der Waals surface area contributed by atoms with Crippen LogP contribution in [0.3, 0.4) is 0 Å². The molecule has 2 fully saturated rings. The average Bonchev–Trinajstić information content (AvgIpc) is 2.51. The predicted molar refractivity (Wildman–Crippen MR) is 88.1 cm³/mol. The van der Waals surface area contributed by atoms with Crippen molar-refractivity contribution >= 4 is 5.91 Å². The van der Waals surface area contributed by atoms with Gasteiger partial charge in [0.05, 0.1) is 11.2 Å². The quantitative estimate of drug-likeness (QED) is 0.875. The van der Waals surface area contributed by atoms with E-state index in [1.165, 1.54) is 19.1 Å². The van der Waals surface area contributed by atoms with Gasteiger partial charge in [0, 0.05) is 19.0 Å². The first-order valence-corrected chi connectivity index (χ1v) is 8.76. The highest BCUT2D eigenvalue weighted by molar-refractivity contribution is 5.80. The van der Waals surface area contributed by atoms with Crippen LogP contribution in [0.25, 0.3) is 0 Å². The van der Waals surface area contributed by atoms with Crippen LogP contribution in [0, 0.1) is 12.8 Å². The van der Waals surface area contributed by atoms with Crippen LogP contribution in [-0.2, 0) is 11.0 Å². The molecule has 1 N–H and O–H groups in total. The van der Waals surface area contributed by atoms with Crippen molar-refractivity contribution in [3.8, 4) is 0 Å². The second-order valence-electron chi connectivity index (χ2n) is 7.77. The fourth-order valence-electron chi connectivity index (χ4n) is 4.07. The lowest BCUT2D eigenvalue weighted by molar-refractivity contribution is -0.150.